The Morgan fingerprint density at radius 3 is 2.51 bits per heavy atom. The molecule has 2 amide bonds. The number of fused-ring (bicyclic) bond motifs is 1. The summed E-state index contributed by atoms with van der Waals surface area (Å²) in [5.74, 6) is 2.10. The van der Waals surface area contributed by atoms with Crippen LogP contribution in [0.2, 0.25) is 0 Å². The van der Waals surface area contributed by atoms with E-state index in [0.29, 0.717) is 21.7 Å². The van der Waals surface area contributed by atoms with Crippen LogP contribution >= 0.6 is 23.1 Å². The van der Waals surface area contributed by atoms with Gasteiger partial charge in [-0.05, 0) is 87.0 Å². The number of nitrogens with one attached hydrogen (secondary N) is 2. The van der Waals surface area contributed by atoms with Crippen molar-refractivity contribution in [1.82, 2.24) is 5.32 Å². The molecule has 2 atom stereocenters. The SMILES string of the molecule is COC(=O)c1c(NC(=O)CC2SC(=NC34CC5CC(CC(C5)C3)C4)NC2=O)sc2c1CCC(C)C2. The molecule has 9 heteroatoms. The van der Waals surface area contributed by atoms with Crippen LogP contribution in [0.15, 0.2) is 4.99 Å². The van der Waals surface area contributed by atoms with Crippen molar-refractivity contribution < 1.29 is 19.1 Å². The van der Waals surface area contributed by atoms with E-state index in [9.17, 15) is 14.4 Å². The van der Waals surface area contributed by atoms with Crippen LogP contribution in [0.4, 0.5) is 5.00 Å². The van der Waals surface area contributed by atoms with E-state index in [4.69, 9.17) is 9.73 Å². The second-order valence-corrected chi connectivity index (χ2v) is 13.8. The van der Waals surface area contributed by atoms with Gasteiger partial charge < -0.3 is 15.4 Å². The Bertz CT molecular complexity index is 1080. The first-order valence-electron chi connectivity index (χ1n) is 12.9. The topological polar surface area (TPSA) is 96.9 Å². The van der Waals surface area contributed by atoms with Crippen molar-refractivity contribution in [1.29, 1.82) is 0 Å². The Balaban J connectivity index is 1.14. The lowest BCUT2D eigenvalue weighted by atomic mass is 9.53. The summed E-state index contributed by atoms with van der Waals surface area (Å²) in [7, 11) is 1.37. The fourth-order valence-electron chi connectivity index (χ4n) is 7.51. The summed E-state index contributed by atoms with van der Waals surface area (Å²) in [4.78, 5) is 44.5. The second kappa shape index (κ2) is 8.91. The third-order valence-electron chi connectivity index (χ3n) is 8.65. The molecule has 0 spiro atoms. The molecule has 2 unspecified atom stereocenters. The molecule has 1 aromatic rings. The summed E-state index contributed by atoms with van der Waals surface area (Å²) in [5, 5.41) is 6.62. The molecular weight excluding hydrogens is 482 g/mol. The van der Waals surface area contributed by atoms with Crippen LogP contribution < -0.4 is 10.6 Å². The summed E-state index contributed by atoms with van der Waals surface area (Å²) in [5.41, 5.74) is 1.48. The molecule has 2 N–H and O–H groups in total. The van der Waals surface area contributed by atoms with Gasteiger partial charge in [-0.3, -0.25) is 14.6 Å². The number of carbonyl (C=O) groups is 3. The lowest BCUT2D eigenvalue weighted by Crippen LogP contribution is -2.50. The predicted molar refractivity (Wildman–Crippen MR) is 138 cm³/mol. The van der Waals surface area contributed by atoms with E-state index >= 15 is 0 Å². The number of amidine groups is 1. The number of thiophene rings is 1. The van der Waals surface area contributed by atoms with E-state index in [1.165, 1.54) is 49.5 Å². The van der Waals surface area contributed by atoms with Gasteiger partial charge in [0.05, 0.1) is 18.2 Å². The van der Waals surface area contributed by atoms with Crippen LogP contribution in [-0.2, 0) is 27.2 Å². The molecule has 4 saturated carbocycles. The molecule has 5 aliphatic carbocycles. The fraction of sp³-hybridized carbons (Fsp3) is 0.692. The van der Waals surface area contributed by atoms with Gasteiger partial charge in [0.15, 0.2) is 5.17 Å². The molecule has 1 saturated heterocycles. The Morgan fingerprint density at radius 1 is 1.17 bits per heavy atom. The van der Waals surface area contributed by atoms with Crippen LogP contribution in [0.1, 0.15) is 79.1 Å². The van der Waals surface area contributed by atoms with Gasteiger partial charge in [-0.1, -0.05) is 18.7 Å². The zero-order chi connectivity index (χ0) is 24.3. The smallest absolute Gasteiger partial charge is 0.341 e. The Labute approximate surface area is 214 Å². The average Bonchev–Trinajstić information content (AvgIpc) is 3.30. The molecule has 0 radical (unpaired) electrons. The van der Waals surface area contributed by atoms with Crippen molar-refractivity contribution >= 4 is 51.1 Å². The molecule has 5 fully saturated rings. The number of thioether (sulfide) groups is 1. The Kier molecular flexibility index (Phi) is 5.99. The Morgan fingerprint density at radius 2 is 1.86 bits per heavy atom. The first-order valence-corrected chi connectivity index (χ1v) is 14.6. The number of aliphatic imine (C=N–C) groups is 1. The van der Waals surface area contributed by atoms with Crippen LogP contribution in [-0.4, -0.2) is 40.8 Å². The number of amides is 2. The summed E-state index contributed by atoms with van der Waals surface area (Å²) >= 11 is 2.86. The quantitative estimate of drug-likeness (QED) is 0.561. The first-order chi connectivity index (χ1) is 16.8. The number of esters is 1. The van der Waals surface area contributed by atoms with Crippen molar-refractivity contribution in [3.8, 4) is 0 Å². The van der Waals surface area contributed by atoms with Gasteiger partial charge in [-0.15, -0.1) is 11.3 Å². The highest BCUT2D eigenvalue weighted by molar-refractivity contribution is 8.15. The molecule has 1 aromatic heterocycles. The summed E-state index contributed by atoms with van der Waals surface area (Å²) in [6.07, 6.45) is 10.3. The number of methoxy groups -OCH3 is 1. The van der Waals surface area contributed by atoms with E-state index in [0.717, 1.165) is 66.7 Å². The number of anilines is 1. The zero-order valence-electron chi connectivity index (χ0n) is 20.4. The Hall–Kier alpha value is -1.87. The van der Waals surface area contributed by atoms with E-state index in [-0.39, 0.29) is 23.8 Å². The van der Waals surface area contributed by atoms with E-state index in [1.54, 1.807) is 0 Å². The minimum atomic E-state index is -0.501. The highest BCUT2D eigenvalue weighted by Gasteiger charge is 2.51. The lowest BCUT2D eigenvalue weighted by molar-refractivity contribution is -0.122. The maximum Gasteiger partial charge on any atom is 0.341 e. The summed E-state index contributed by atoms with van der Waals surface area (Å²) < 4.78 is 5.02. The number of hydrogen-bond donors (Lipinski definition) is 2. The van der Waals surface area contributed by atoms with Gasteiger partial charge in [-0.2, -0.15) is 0 Å². The van der Waals surface area contributed by atoms with Gasteiger partial charge in [-0.25, -0.2) is 4.79 Å². The maximum absolute atomic E-state index is 13.0. The van der Waals surface area contributed by atoms with Gasteiger partial charge in [0.1, 0.15) is 10.3 Å². The van der Waals surface area contributed by atoms with E-state index < -0.39 is 11.2 Å². The van der Waals surface area contributed by atoms with Gasteiger partial charge in [0.25, 0.3) is 0 Å². The monoisotopic (exact) mass is 515 g/mol. The van der Waals surface area contributed by atoms with Gasteiger partial charge in [0, 0.05) is 11.3 Å². The van der Waals surface area contributed by atoms with Crippen LogP contribution in [0, 0.1) is 23.7 Å². The van der Waals surface area contributed by atoms with E-state index in [1.807, 2.05) is 0 Å². The second-order valence-electron chi connectivity index (χ2n) is 11.5. The number of nitrogens with zero attached hydrogens (tertiary/aromatic N) is 1. The lowest BCUT2D eigenvalue weighted by Gasteiger charge is -2.55. The highest BCUT2D eigenvalue weighted by atomic mass is 32.2. The first kappa shape index (κ1) is 23.5. The van der Waals surface area contributed by atoms with Crippen molar-refractivity contribution in [2.75, 3.05) is 12.4 Å². The minimum Gasteiger partial charge on any atom is -0.465 e. The molecular formula is C26H33N3O4S2. The maximum atomic E-state index is 13.0. The van der Waals surface area contributed by atoms with E-state index in [2.05, 4.69) is 17.6 Å². The number of hydrogen-bond acceptors (Lipinski definition) is 7. The fourth-order valence-corrected chi connectivity index (χ4v) is 10.0. The molecule has 4 bridgehead atoms. The number of rotatable bonds is 5. The largest absolute Gasteiger partial charge is 0.465 e. The minimum absolute atomic E-state index is 0.00982. The molecule has 7 rings (SSSR count). The average molecular weight is 516 g/mol. The normalized spacial score (nSPS) is 36.2. The summed E-state index contributed by atoms with van der Waals surface area (Å²) in [6.45, 7) is 2.21. The third kappa shape index (κ3) is 4.43. The summed E-state index contributed by atoms with van der Waals surface area (Å²) in [6, 6.07) is 0. The zero-order valence-corrected chi connectivity index (χ0v) is 22.0. The van der Waals surface area contributed by atoms with Crippen molar-refractivity contribution in [3.63, 3.8) is 0 Å². The third-order valence-corrected chi connectivity index (χ3v) is 10.9. The van der Waals surface area contributed by atoms with Crippen LogP contribution in [0.25, 0.3) is 0 Å². The van der Waals surface area contributed by atoms with Crippen LogP contribution in [0.3, 0.4) is 0 Å². The van der Waals surface area contributed by atoms with Gasteiger partial charge in [0.2, 0.25) is 11.8 Å². The number of ether oxygens (including phenoxy) is 1. The predicted octanol–water partition coefficient (Wildman–Crippen LogP) is 4.54. The number of carbonyl (C=O) groups excluding carboxylic acids is 3. The molecule has 7 nitrogen and oxygen atoms in total. The molecule has 188 valence electrons. The molecule has 0 aromatic carbocycles. The highest BCUT2D eigenvalue weighted by Crippen LogP contribution is 2.57. The molecule has 2 heterocycles. The van der Waals surface area contributed by atoms with Crippen molar-refractivity contribution in [3.05, 3.63) is 16.0 Å². The van der Waals surface area contributed by atoms with Crippen LogP contribution in [0.5, 0.6) is 0 Å². The van der Waals surface area contributed by atoms with Gasteiger partial charge >= 0.3 is 5.97 Å². The molecule has 6 aliphatic rings. The van der Waals surface area contributed by atoms with Crippen molar-refractivity contribution in [2.45, 2.75) is 81.9 Å². The standard InChI is InChI=1S/C26H33N3O4S2/c1-13-3-4-17-18(5-13)34-23(21(17)24(32)33-2)27-20(30)9-19-22(31)28-25(35-19)29-26-10-14-6-15(11-26)8-16(7-14)12-26/h13-16,19H,3-12H2,1-2H3,(H,27,30)(H,28,29,31). The molecule has 35 heavy (non-hydrogen) atoms. The van der Waals surface area contributed by atoms with Crippen molar-refractivity contribution in [2.24, 2.45) is 28.7 Å². The molecule has 1 aliphatic heterocycles.